The van der Waals surface area contributed by atoms with Crippen molar-refractivity contribution in [2.24, 2.45) is 0 Å². The van der Waals surface area contributed by atoms with E-state index in [9.17, 15) is 34.0 Å². The Bertz CT molecular complexity index is 443. The molecule has 1 aliphatic rings. The fourth-order valence-electron chi connectivity index (χ4n) is 2.23. The van der Waals surface area contributed by atoms with Gasteiger partial charge in [0.1, 0.15) is 42.0 Å². The maximum atomic E-state index is 10.7. The molecule has 1 saturated heterocycles. The molecule has 1 aliphatic heterocycles. The van der Waals surface area contributed by atoms with E-state index >= 15 is 0 Å². The van der Waals surface area contributed by atoms with Crippen molar-refractivity contribution in [2.75, 3.05) is 24.7 Å². The molecular formula is C10H21O10S2+. The summed E-state index contributed by atoms with van der Waals surface area (Å²) in [5.41, 5.74) is 0. The van der Waals surface area contributed by atoms with Gasteiger partial charge >= 0.3 is 10.4 Å². The highest BCUT2D eigenvalue weighted by molar-refractivity contribution is 7.97. The van der Waals surface area contributed by atoms with Gasteiger partial charge < -0.3 is 30.6 Å². The summed E-state index contributed by atoms with van der Waals surface area (Å²) in [6.45, 7) is -1.36. The molecule has 1 rings (SSSR count). The molecular weight excluding hydrogens is 344 g/mol. The van der Waals surface area contributed by atoms with E-state index in [1.54, 1.807) is 0 Å². The molecule has 0 unspecified atom stereocenters. The van der Waals surface area contributed by atoms with Gasteiger partial charge in [-0.25, -0.2) is 4.18 Å². The third kappa shape index (κ3) is 5.26. The van der Waals surface area contributed by atoms with Crippen molar-refractivity contribution in [3.8, 4) is 0 Å². The molecule has 0 bridgehead atoms. The second kappa shape index (κ2) is 8.19. The SMILES string of the molecule is O=S(=O)(O)O[C@@H]([C@H](O)CO)[C@H](O)C[S@@+]1C[C@@H](O)[C@H](O)[C@H]1CO. The minimum atomic E-state index is -4.97. The predicted molar refractivity (Wildman–Crippen MR) is 75.5 cm³/mol. The minimum Gasteiger partial charge on any atom is -0.394 e. The van der Waals surface area contributed by atoms with Gasteiger partial charge in [0.2, 0.25) is 0 Å². The third-order valence-corrected chi connectivity index (χ3v) is 6.62. The highest BCUT2D eigenvalue weighted by Crippen LogP contribution is 2.25. The molecule has 0 radical (unpaired) electrons. The topological polar surface area (TPSA) is 185 Å². The summed E-state index contributed by atoms with van der Waals surface area (Å²) < 4.78 is 34.3. The van der Waals surface area contributed by atoms with Gasteiger partial charge in [0, 0.05) is 10.9 Å². The second-order valence-corrected chi connectivity index (χ2v) is 8.35. The molecule has 0 saturated carbocycles. The first-order valence-corrected chi connectivity index (χ1v) is 9.35. The second-order valence-electron chi connectivity index (χ2n) is 4.96. The molecule has 0 aromatic carbocycles. The summed E-state index contributed by atoms with van der Waals surface area (Å²) in [6.07, 6.45) is -7.47. The predicted octanol–water partition coefficient (Wildman–Crippen LogP) is -4.40. The molecule has 0 aromatic heterocycles. The van der Waals surface area contributed by atoms with Gasteiger partial charge in [0.05, 0.1) is 13.2 Å². The van der Waals surface area contributed by atoms with E-state index in [-0.39, 0.29) is 11.5 Å². The summed E-state index contributed by atoms with van der Waals surface area (Å²) in [5.74, 6) is -0.117. The van der Waals surface area contributed by atoms with Gasteiger partial charge in [-0.3, -0.25) is 4.55 Å². The molecule has 22 heavy (non-hydrogen) atoms. The molecule has 0 aromatic rings. The smallest absolute Gasteiger partial charge is 0.394 e. The minimum absolute atomic E-state index is 0.0806. The van der Waals surface area contributed by atoms with Crippen LogP contribution in [0.4, 0.5) is 0 Å². The average molecular weight is 365 g/mol. The Morgan fingerprint density at radius 3 is 2.23 bits per heavy atom. The maximum absolute atomic E-state index is 10.7. The maximum Gasteiger partial charge on any atom is 0.397 e. The van der Waals surface area contributed by atoms with Gasteiger partial charge in [0.15, 0.2) is 5.25 Å². The first-order chi connectivity index (χ1) is 10.1. The molecule has 0 amide bonds. The molecule has 1 heterocycles. The van der Waals surface area contributed by atoms with Crippen molar-refractivity contribution in [1.29, 1.82) is 0 Å². The van der Waals surface area contributed by atoms with Gasteiger partial charge in [-0.1, -0.05) is 0 Å². The summed E-state index contributed by atoms with van der Waals surface area (Å²) in [6, 6.07) is 0. The standard InChI is InChI=1S/C10H20O10S2/c11-1-5(13)10(20-22(17,18)19)7(15)4-21-3-6(14)9(16)8(21)2-12/h5-16H,1-4H2/p+1/t5-,6-,7-,8-,9+,10+,21-/m1/s1. The Morgan fingerprint density at radius 1 is 1.18 bits per heavy atom. The Balaban J connectivity index is 2.80. The van der Waals surface area contributed by atoms with Crippen molar-refractivity contribution in [1.82, 2.24) is 0 Å². The zero-order chi connectivity index (χ0) is 17.1. The fourth-order valence-corrected chi connectivity index (χ4v) is 5.45. The van der Waals surface area contributed by atoms with Crippen LogP contribution in [-0.4, -0.2) is 104 Å². The lowest BCUT2D eigenvalue weighted by Crippen LogP contribution is -2.47. The number of hydrogen-bond donors (Lipinski definition) is 7. The van der Waals surface area contributed by atoms with E-state index in [0.29, 0.717) is 0 Å². The van der Waals surface area contributed by atoms with Crippen LogP contribution in [0.25, 0.3) is 0 Å². The fraction of sp³-hybridized carbons (Fsp3) is 1.00. The van der Waals surface area contributed by atoms with Gasteiger partial charge in [-0.15, -0.1) is 0 Å². The summed E-state index contributed by atoms with van der Waals surface area (Å²) >= 11 is 0. The summed E-state index contributed by atoms with van der Waals surface area (Å²) in [5, 5.41) is 56.1. The number of aliphatic hydroxyl groups excluding tert-OH is 6. The van der Waals surface area contributed by atoms with Crippen molar-refractivity contribution in [2.45, 2.75) is 35.8 Å². The van der Waals surface area contributed by atoms with Crippen LogP contribution in [0.3, 0.4) is 0 Å². The average Bonchev–Trinajstić information content (AvgIpc) is 2.68. The van der Waals surface area contributed by atoms with Crippen molar-refractivity contribution in [3.63, 3.8) is 0 Å². The molecule has 0 spiro atoms. The Kier molecular flexibility index (Phi) is 7.45. The summed E-state index contributed by atoms with van der Waals surface area (Å²) in [7, 11) is -5.85. The largest absolute Gasteiger partial charge is 0.397 e. The Morgan fingerprint density at radius 2 is 1.77 bits per heavy atom. The lowest BCUT2D eigenvalue weighted by molar-refractivity contribution is -0.0563. The van der Waals surface area contributed by atoms with E-state index in [4.69, 9.17) is 9.66 Å². The van der Waals surface area contributed by atoms with Crippen LogP contribution in [0.1, 0.15) is 0 Å². The first kappa shape index (κ1) is 20.0. The molecule has 10 nitrogen and oxygen atoms in total. The van der Waals surface area contributed by atoms with Gasteiger partial charge in [-0.05, 0) is 0 Å². The third-order valence-electron chi connectivity index (χ3n) is 3.33. The molecule has 12 heteroatoms. The molecule has 132 valence electrons. The van der Waals surface area contributed by atoms with E-state index < -0.39 is 70.3 Å². The molecule has 1 fully saturated rings. The quantitative estimate of drug-likeness (QED) is 0.164. The Hall–Kier alpha value is -0.0200. The van der Waals surface area contributed by atoms with Crippen LogP contribution in [0.15, 0.2) is 0 Å². The van der Waals surface area contributed by atoms with Crippen LogP contribution < -0.4 is 0 Å². The van der Waals surface area contributed by atoms with E-state index in [1.807, 2.05) is 0 Å². The van der Waals surface area contributed by atoms with E-state index in [2.05, 4.69) is 4.18 Å². The summed E-state index contributed by atoms with van der Waals surface area (Å²) in [4.78, 5) is 0. The van der Waals surface area contributed by atoms with Crippen molar-refractivity contribution in [3.05, 3.63) is 0 Å². The highest BCUT2D eigenvalue weighted by Gasteiger charge is 2.51. The molecule has 0 aliphatic carbocycles. The van der Waals surface area contributed by atoms with Crippen molar-refractivity contribution < 1.29 is 47.8 Å². The van der Waals surface area contributed by atoms with E-state index in [1.165, 1.54) is 0 Å². The molecule has 7 N–H and O–H groups in total. The first-order valence-electron chi connectivity index (χ1n) is 6.36. The van der Waals surface area contributed by atoms with Gasteiger partial charge in [-0.2, -0.15) is 8.42 Å². The normalized spacial score (nSPS) is 33.6. The Labute approximate surface area is 130 Å². The van der Waals surface area contributed by atoms with Crippen LogP contribution in [0.5, 0.6) is 0 Å². The highest BCUT2D eigenvalue weighted by atomic mass is 32.3. The van der Waals surface area contributed by atoms with Gasteiger partial charge in [0.25, 0.3) is 0 Å². The number of rotatable bonds is 8. The van der Waals surface area contributed by atoms with Crippen LogP contribution in [0, 0.1) is 0 Å². The lowest BCUT2D eigenvalue weighted by atomic mass is 10.1. The zero-order valence-corrected chi connectivity index (χ0v) is 13.1. The number of aliphatic hydroxyl groups is 6. The zero-order valence-electron chi connectivity index (χ0n) is 11.5. The molecule has 7 atom stereocenters. The lowest BCUT2D eigenvalue weighted by Gasteiger charge is -2.24. The van der Waals surface area contributed by atoms with Crippen LogP contribution in [-0.2, 0) is 25.5 Å². The van der Waals surface area contributed by atoms with Crippen LogP contribution >= 0.6 is 0 Å². The monoisotopic (exact) mass is 365 g/mol. The number of hydrogen-bond acceptors (Lipinski definition) is 9. The van der Waals surface area contributed by atoms with Crippen LogP contribution in [0.2, 0.25) is 0 Å². The van der Waals surface area contributed by atoms with E-state index in [0.717, 1.165) is 0 Å². The van der Waals surface area contributed by atoms with Crippen molar-refractivity contribution >= 4 is 21.3 Å².